The quantitative estimate of drug-likeness (QED) is 0.270. The summed E-state index contributed by atoms with van der Waals surface area (Å²) in [7, 11) is 0. The summed E-state index contributed by atoms with van der Waals surface area (Å²) in [5, 5.41) is 7.11. The smallest absolute Gasteiger partial charge is 0.256 e. The van der Waals surface area contributed by atoms with Crippen molar-refractivity contribution in [3.63, 3.8) is 0 Å². The number of para-hydroxylation sites is 1. The van der Waals surface area contributed by atoms with Crippen molar-refractivity contribution in [1.29, 1.82) is 0 Å². The number of amides is 2. The summed E-state index contributed by atoms with van der Waals surface area (Å²) < 4.78 is 3.67. The molecule has 6 aromatic rings. The Morgan fingerprint density at radius 3 is 2.65 bits per heavy atom. The molecule has 0 unspecified atom stereocenters. The Morgan fingerprint density at radius 1 is 0.935 bits per heavy atom. The zero-order chi connectivity index (χ0) is 31.4. The van der Waals surface area contributed by atoms with Gasteiger partial charge in [-0.15, -0.1) is 0 Å². The molecular formula is C34H27N9O3. The van der Waals surface area contributed by atoms with Crippen LogP contribution in [0.4, 0.5) is 11.5 Å². The fourth-order valence-corrected chi connectivity index (χ4v) is 6.52. The number of hydrogen-bond donors (Lipinski definition) is 2. The third-order valence-electron chi connectivity index (χ3n) is 8.67. The molecule has 1 aliphatic heterocycles. The monoisotopic (exact) mass is 609 g/mol. The number of imidazole rings is 1. The number of carbonyl (C=O) groups excluding carboxylic acids is 3. The van der Waals surface area contributed by atoms with E-state index < -0.39 is 0 Å². The molecule has 12 heteroatoms. The Morgan fingerprint density at radius 2 is 1.83 bits per heavy atom. The Labute approximate surface area is 262 Å². The van der Waals surface area contributed by atoms with Gasteiger partial charge in [0.05, 0.1) is 22.9 Å². The molecule has 0 fully saturated rings. The number of nitrogen functional groups attached to an aromatic ring is 1. The lowest BCUT2D eigenvalue weighted by Crippen LogP contribution is -2.39. The van der Waals surface area contributed by atoms with E-state index in [4.69, 9.17) is 15.7 Å². The third kappa shape index (κ3) is 4.41. The van der Waals surface area contributed by atoms with Crippen molar-refractivity contribution in [3.8, 4) is 22.9 Å². The SMILES string of the molecule is Nc1ncccc1-c1nc2ccc(-n3cccn3)nc2n1-c1ccc2c(c1)CC[C@@H]2N1CCC(=O)Nc2c(C=O)cccc2C1=O. The number of aromatic nitrogens is 6. The maximum Gasteiger partial charge on any atom is 0.256 e. The lowest BCUT2D eigenvalue weighted by Gasteiger charge is -2.32. The van der Waals surface area contributed by atoms with Crippen molar-refractivity contribution < 1.29 is 14.4 Å². The first-order chi connectivity index (χ1) is 22.5. The van der Waals surface area contributed by atoms with Gasteiger partial charge in [0.2, 0.25) is 5.91 Å². The summed E-state index contributed by atoms with van der Waals surface area (Å²) in [6, 6.07) is 20.1. The summed E-state index contributed by atoms with van der Waals surface area (Å²) in [6.07, 6.45) is 7.39. The van der Waals surface area contributed by atoms with Gasteiger partial charge in [-0.25, -0.2) is 19.6 Å². The highest BCUT2D eigenvalue weighted by atomic mass is 16.2. The molecule has 2 aromatic carbocycles. The second kappa shape index (κ2) is 10.8. The highest BCUT2D eigenvalue weighted by molar-refractivity contribution is 6.09. The average Bonchev–Trinajstić information content (AvgIpc) is 3.83. The summed E-state index contributed by atoms with van der Waals surface area (Å²) in [5.74, 6) is 1.14. The van der Waals surface area contributed by atoms with E-state index >= 15 is 0 Å². The molecule has 46 heavy (non-hydrogen) atoms. The van der Waals surface area contributed by atoms with Crippen molar-refractivity contribution in [3.05, 3.63) is 108 Å². The molecule has 0 spiro atoms. The molecule has 4 aromatic heterocycles. The topological polar surface area (TPSA) is 154 Å². The molecule has 0 bridgehead atoms. The first-order valence-electron chi connectivity index (χ1n) is 14.9. The second-order valence-corrected chi connectivity index (χ2v) is 11.3. The number of hydrogen-bond acceptors (Lipinski definition) is 8. The number of nitrogens with zero attached hydrogens (tertiary/aromatic N) is 7. The number of aldehydes is 1. The first-order valence-corrected chi connectivity index (χ1v) is 14.9. The molecule has 8 rings (SSSR count). The third-order valence-corrected chi connectivity index (χ3v) is 8.67. The van der Waals surface area contributed by atoms with Crippen LogP contribution < -0.4 is 11.1 Å². The molecule has 0 radical (unpaired) electrons. The predicted molar refractivity (Wildman–Crippen MR) is 171 cm³/mol. The molecule has 2 aliphatic rings. The Balaban J connectivity index is 1.23. The number of aryl methyl sites for hydroxylation is 1. The number of nitrogens with two attached hydrogens (primary N) is 1. The number of nitrogens with one attached hydrogen (secondary N) is 1. The van der Waals surface area contributed by atoms with Gasteiger partial charge in [0.15, 0.2) is 23.6 Å². The number of rotatable bonds is 5. The fraction of sp³-hybridized carbons (Fsp3) is 0.147. The van der Waals surface area contributed by atoms with Crippen LogP contribution in [-0.4, -0.2) is 58.8 Å². The Kier molecular flexibility index (Phi) is 6.41. The molecule has 3 N–H and O–H groups in total. The van der Waals surface area contributed by atoms with E-state index in [1.165, 1.54) is 0 Å². The van der Waals surface area contributed by atoms with Crippen molar-refractivity contribution in [1.82, 2.24) is 34.2 Å². The van der Waals surface area contributed by atoms with Crippen LogP contribution >= 0.6 is 0 Å². The van der Waals surface area contributed by atoms with Gasteiger partial charge in [0.25, 0.3) is 5.91 Å². The van der Waals surface area contributed by atoms with Crippen molar-refractivity contribution in [2.24, 2.45) is 0 Å². The maximum atomic E-state index is 13.9. The fourth-order valence-electron chi connectivity index (χ4n) is 6.52. The van der Waals surface area contributed by atoms with Crippen LogP contribution in [0, 0.1) is 0 Å². The van der Waals surface area contributed by atoms with Crippen LogP contribution in [0.25, 0.3) is 34.1 Å². The van der Waals surface area contributed by atoms with Crippen LogP contribution in [0.5, 0.6) is 0 Å². The van der Waals surface area contributed by atoms with Gasteiger partial charge in [-0.2, -0.15) is 5.10 Å². The van der Waals surface area contributed by atoms with Gasteiger partial charge >= 0.3 is 0 Å². The number of carbonyl (C=O) groups is 3. The van der Waals surface area contributed by atoms with Gasteiger partial charge in [0, 0.05) is 42.8 Å². The van der Waals surface area contributed by atoms with E-state index in [1.54, 1.807) is 40.2 Å². The zero-order valence-electron chi connectivity index (χ0n) is 24.5. The predicted octanol–water partition coefficient (Wildman–Crippen LogP) is 4.53. The van der Waals surface area contributed by atoms with E-state index in [0.717, 1.165) is 23.2 Å². The lowest BCUT2D eigenvalue weighted by atomic mass is 10.0. The minimum Gasteiger partial charge on any atom is -0.383 e. The Bertz CT molecular complexity index is 2190. The highest BCUT2D eigenvalue weighted by Gasteiger charge is 2.35. The second-order valence-electron chi connectivity index (χ2n) is 11.3. The number of pyridine rings is 2. The standard InChI is InChI=1S/C34H27N9O3/c35-31-25(6-2-14-36-31)32-38-26-10-12-28(42-16-3-15-37-42)39-33(26)43(32)22-8-9-23-20(18-22)7-11-27(23)41-17-13-29(45)40-30-21(19-44)4-1-5-24(30)34(41)46/h1-6,8-10,12,14-16,18-19,27H,7,11,13,17H2,(H2,35,36)(H,40,45)/t27-/m0/s1. The molecule has 12 nitrogen and oxygen atoms in total. The summed E-state index contributed by atoms with van der Waals surface area (Å²) in [4.78, 5) is 54.3. The molecule has 0 saturated carbocycles. The molecule has 2 amide bonds. The molecule has 226 valence electrons. The molecule has 0 saturated heterocycles. The van der Waals surface area contributed by atoms with E-state index in [-0.39, 0.29) is 42.1 Å². The lowest BCUT2D eigenvalue weighted by molar-refractivity contribution is -0.116. The van der Waals surface area contributed by atoms with Gasteiger partial charge in [0.1, 0.15) is 11.3 Å². The molecule has 5 heterocycles. The normalized spacial score (nSPS) is 16.1. The molecule has 1 aliphatic carbocycles. The maximum absolute atomic E-state index is 13.9. The van der Waals surface area contributed by atoms with E-state index in [0.29, 0.717) is 52.5 Å². The van der Waals surface area contributed by atoms with Crippen LogP contribution in [-0.2, 0) is 11.2 Å². The van der Waals surface area contributed by atoms with Crippen LogP contribution in [0.3, 0.4) is 0 Å². The largest absolute Gasteiger partial charge is 0.383 e. The molecule has 1 atom stereocenters. The highest BCUT2D eigenvalue weighted by Crippen LogP contribution is 2.40. The average molecular weight is 610 g/mol. The zero-order valence-corrected chi connectivity index (χ0v) is 24.5. The summed E-state index contributed by atoms with van der Waals surface area (Å²) >= 11 is 0. The summed E-state index contributed by atoms with van der Waals surface area (Å²) in [6.45, 7) is 0.262. The minimum absolute atomic E-state index is 0.128. The van der Waals surface area contributed by atoms with Gasteiger partial charge in [-0.1, -0.05) is 12.1 Å². The van der Waals surface area contributed by atoms with E-state index in [1.807, 2.05) is 53.2 Å². The number of benzene rings is 2. The molecular weight excluding hydrogens is 582 g/mol. The van der Waals surface area contributed by atoms with Crippen LogP contribution in [0.1, 0.15) is 50.7 Å². The first kappa shape index (κ1) is 27.4. The van der Waals surface area contributed by atoms with Crippen LogP contribution in [0.15, 0.2) is 85.3 Å². The van der Waals surface area contributed by atoms with Crippen molar-refractivity contribution in [2.75, 3.05) is 17.6 Å². The van der Waals surface area contributed by atoms with Crippen molar-refractivity contribution >= 4 is 40.8 Å². The van der Waals surface area contributed by atoms with Crippen molar-refractivity contribution in [2.45, 2.75) is 25.3 Å². The van der Waals surface area contributed by atoms with Gasteiger partial charge < -0.3 is 16.0 Å². The van der Waals surface area contributed by atoms with E-state index in [9.17, 15) is 14.4 Å². The van der Waals surface area contributed by atoms with Gasteiger partial charge in [-0.3, -0.25) is 19.0 Å². The van der Waals surface area contributed by atoms with Crippen LogP contribution in [0.2, 0.25) is 0 Å². The van der Waals surface area contributed by atoms with E-state index in [2.05, 4.69) is 21.5 Å². The summed E-state index contributed by atoms with van der Waals surface area (Å²) in [5.41, 5.74) is 12.1. The minimum atomic E-state index is -0.238. The number of fused-ring (bicyclic) bond motifs is 3. The Hall–Kier alpha value is -6.17. The van der Waals surface area contributed by atoms with Gasteiger partial charge in [-0.05, 0) is 78.6 Å². The number of anilines is 2.